The van der Waals surface area contributed by atoms with E-state index in [1.54, 1.807) is 0 Å². The van der Waals surface area contributed by atoms with Gasteiger partial charge in [0.05, 0.1) is 11.1 Å². The third-order valence-corrected chi connectivity index (χ3v) is 3.90. The minimum atomic E-state index is -0.0777. The lowest BCUT2D eigenvalue weighted by molar-refractivity contribution is 0.629. The highest BCUT2D eigenvalue weighted by molar-refractivity contribution is 7.98. The molecule has 0 aliphatic heterocycles. The van der Waals surface area contributed by atoms with Gasteiger partial charge in [-0.3, -0.25) is 4.68 Å². The summed E-state index contributed by atoms with van der Waals surface area (Å²) in [5.41, 5.74) is 3.02. The first-order chi connectivity index (χ1) is 8.56. The highest BCUT2D eigenvalue weighted by atomic mass is 35.5. The fraction of sp³-hybridized carbons (Fsp3) is 0.667. The molecule has 0 N–H and O–H groups in total. The average Bonchev–Trinajstić information content (AvgIpc) is 2.80. The van der Waals surface area contributed by atoms with Crippen LogP contribution in [0.5, 0.6) is 0 Å². The Kier molecular flexibility index (Phi) is 4.22. The van der Waals surface area contributed by atoms with Gasteiger partial charge in [-0.15, -0.1) is 11.6 Å². The van der Waals surface area contributed by atoms with Gasteiger partial charge in [0, 0.05) is 13.6 Å². The van der Waals surface area contributed by atoms with Gasteiger partial charge in [-0.2, -0.15) is 16.9 Å². The van der Waals surface area contributed by atoms with Gasteiger partial charge in [0.25, 0.3) is 0 Å². The van der Waals surface area contributed by atoms with Crippen LogP contribution in [0.4, 0.5) is 0 Å². The molecule has 18 heavy (non-hydrogen) atoms. The second-order valence-electron chi connectivity index (χ2n) is 4.47. The summed E-state index contributed by atoms with van der Waals surface area (Å²) in [4.78, 5) is 4.65. The molecule has 0 aliphatic carbocycles. The van der Waals surface area contributed by atoms with Gasteiger partial charge in [-0.05, 0) is 32.3 Å². The van der Waals surface area contributed by atoms with E-state index < -0.39 is 0 Å². The van der Waals surface area contributed by atoms with E-state index in [1.165, 1.54) is 0 Å². The number of aromatic nitrogens is 4. The molecule has 0 fully saturated rings. The lowest BCUT2D eigenvalue weighted by Crippen LogP contribution is -2.08. The molecule has 4 nitrogen and oxygen atoms in total. The van der Waals surface area contributed by atoms with Gasteiger partial charge in [0.1, 0.15) is 11.3 Å². The standard InChI is InChI=1S/C12H19ClN4S/c1-8(13)11-14-10-9(2)15-16(3)12(10)17(11)6-5-7-18-4/h8H,5-7H2,1-4H3. The maximum atomic E-state index is 6.24. The summed E-state index contributed by atoms with van der Waals surface area (Å²) in [6.07, 6.45) is 3.25. The van der Waals surface area contributed by atoms with E-state index in [4.69, 9.17) is 11.6 Å². The van der Waals surface area contributed by atoms with Crippen LogP contribution in [0.25, 0.3) is 11.2 Å². The van der Waals surface area contributed by atoms with E-state index in [0.717, 1.165) is 41.4 Å². The van der Waals surface area contributed by atoms with E-state index in [1.807, 2.05) is 37.3 Å². The fourth-order valence-electron chi connectivity index (χ4n) is 2.24. The number of hydrogen-bond acceptors (Lipinski definition) is 3. The maximum Gasteiger partial charge on any atom is 0.158 e. The summed E-state index contributed by atoms with van der Waals surface area (Å²) in [6.45, 7) is 4.91. The molecule has 2 heterocycles. The quantitative estimate of drug-likeness (QED) is 0.626. The first-order valence-electron chi connectivity index (χ1n) is 6.09. The number of aryl methyl sites for hydroxylation is 3. The van der Waals surface area contributed by atoms with E-state index in [-0.39, 0.29) is 5.38 Å². The summed E-state index contributed by atoms with van der Waals surface area (Å²) >= 11 is 8.10. The molecular weight excluding hydrogens is 268 g/mol. The van der Waals surface area contributed by atoms with Gasteiger partial charge < -0.3 is 4.57 Å². The number of fused-ring (bicyclic) bond motifs is 1. The van der Waals surface area contributed by atoms with Gasteiger partial charge in [0.15, 0.2) is 5.65 Å². The smallest absolute Gasteiger partial charge is 0.158 e. The molecule has 6 heteroatoms. The number of imidazole rings is 1. The Balaban J connectivity index is 2.47. The van der Waals surface area contributed by atoms with Crippen molar-refractivity contribution in [3.8, 4) is 0 Å². The second kappa shape index (κ2) is 5.53. The molecule has 0 spiro atoms. The van der Waals surface area contributed by atoms with Crippen LogP contribution < -0.4 is 0 Å². The van der Waals surface area contributed by atoms with Crippen LogP contribution in [0.2, 0.25) is 0 Å². The zero-order valence-electron chi connectivity index (χ0n) is 11.3. The van der Waals surface area contributed by atoms with Crippen LogP contribution in [0, 0.1) is 6.92 Å². The molecule has 1 atom stereocenters. The van der Waals surface area contributed by atoms with Crippen molar-refractivity contribution in [1.29, 1.82) is 0 Å². The fourth-order valence-corrected chi connectivity index (χ4v) is 2.83. The number of halogens is 1. The zero-order chi connectivity index (χ0) is 13.3. The van der Waals surface area contributed by atoms with Crippen molar-refractivity contribution in [3.63, 3.8) is 0 Å². The van der Waals surface area contributed by atoms with Crippen LogP contribution in [-0.2, 0) is 13.6 Å². The molecule has 0 amide bonds. The molecule has 2 rings (SSSR count). The highest BCUT2D eigenvalue weighted by Gasteiger charge is 2.19. The molecule has 0 bridgehead atoms. The predicted octanol–water partition coefficient (Wildman–Crippen LogP) is 3.13. The summed E-state index contributed by atoms with van der Waals surface area (Å²) in [5, 5.41) is 4.35. The highest BCUT2D eigenvalue weighted by Crippen LogP contribution is 2.26. The van der Waals surface area contributed by atoms with Crippen molar-refractivity contribution >= 4 is 34.5 Å². The third kappa shape index (κ3) is 2.38. The van der Waals surface area contributed by atoms with Crippen molar-refractivity contribution in [3.05, 3.63) is 11.5 Å². The molecular formula is C12H19ClN4S. The zero-order valence-corrected chi connectivity index (χ0v) is 12.8. The first-order valence-corrected chi connectivity index (χ1v) is 7.92. The largest absolute Gasteiger partial charge is 0.312 e. The number of rotatable bonds is 5. The van der Waals surface area contributed by atoms with Gasteiger partial charge in [-0.1, -0.05) is 0 Å². The third-order valence-electron chi connectivity index (χ3n) is 3.01. The van der Waals surface area contributed by atoms with E-state index in [0.29, 0.717) is 0 Å². The number of alkyl halides is 1. The maximum absolute atomic E-state index is 6.24. The van der Waals surface area contributed by atoms with Crippen LogP contribution in [0.15, 0.2) is 0 Å². The van der Waals surface area contributed by atoms with Gasteiger partial charge >= 0.3 is 0 Å². The predicted molar refractivity (Wildman–Crippen MR) is 78.5 cm³/mol. The van der Waals surface area contributed by atoms with E-state index in [2.05, 4.69) is 20.9 Å². The van der Waals surface area contributed by atoms with Crippen molar-refractivity contribution < 1.29 is 0 Å². The van der Waals surface area contributed by atoms with Crippen LogP contribution in [0.1, 0.15) is 30.2 Å². The lowest BCUT2D eigenvalue weighted by atomic mass is 10.4. The average molecular weight is 287 g/mol. The molecule has 0 radical (unpaired) electrons. The van der Waals surface area contributed by atoms with Gasteiger partial charge in [-0.25, -0.2) is 4.98 Å². The Bertz CT molecular complexity index is 544. The van der Waals surface area contributed by atoms with Crippen molar-refractivity contribution in [2.45, 2.75) is 32.2 Å². The lowest BCUT2D eigenvalue weighted by Gasteiger charge is -2.10. The first kappa shape index (κ1) is 13.7. The summed E-state index contributed by atoms with van der Waals surface area (Å²) < 4.78 is 4.11. The molecule has 0 aromatic carbocycles. The number of thioether (sulfide) groups is 1. The Hall–Kier alpha value is -0.680. The molecule has 100 valence electrons. The Labute approximate surface area is 117 Å². The minimum absolute atomic E-state index is 0.0777. The normalized spacial score (nSPS) is 13.4. The molecule has 0 saturated heterocycles. The van der Waals surface area contributed by atoms with Crippen molar-refractivity contribution in [2.24, 2.45) is 7.05 Å². The molecule has 1 unspecified atom stereocenters. The second-order valence-corrected chi connectivity index (χ2v) is 6.11. The molecule has 2 aromatic heterocycles. The minimum Gasteiger partial charge on any atom is -0.312 e. The van der Waals surface area contributed by atoms with E-state index >= 15 is 0 Å². The SMILES string of the molecule is CSCCCn1c(C(C)Cl)nc2c(C)nn(C)c21. The van der Waals surface area contributed by atoms with Gasteiger partial charge in [0.2, 0.25) is 0 Å². The Morgan fingerprint density at radius 1 is 1.44 bits per heavy atom. The summed E-state index contributed by atoms with van der Waals surface area (Å²) in [7, 11) is 1.96. The number of nitrogens with zero attached hydrogens (tertiary/aromatic N) is 4. The summed E-state index contributed by atoms with van der Waals surface area (Å²) in [6, 6.07) is 0. The van der Waals surface area contributed by atoms with Crippen LogP contribution >= 0.6 is 23.4 Å². The van der Waals surface area contributed by atoms with E-state index in [9.17, 15) is 0 Å². The van der Waals surface area contributed by atoms with Crippen LogP contribution in [-0.4, -0.2) is 31.3 Å². The van der Waals surface area contributed by atoms with Crippen molar-refractivity contribution in [1.82, 2.24) is 19.3 Å². The monoisotopic (exact) mass is 286 g/mol. The Morgan fingerprint density at radius 2 is 2.17 bits per heavy atom. The topological polar surface area (TPSA) is 35.6 Å². The molecule has 0 aliphatic rings. The van der Waals surface area contributed by atoms with Crippen molar-refractivity contribution in [2.75, 3.05) is 12.0 Å². The van der Waals surface area contributed by atoms with Crippen LogP contribution in [0.3, 0.4) is 0 Å². The number of hydrogen-bond donors (Lipinski definition) is 0. The molecule has 2 aromatic rings. The Morgan fingerprint density at radius 3 is 2.78 bits per heavy atom. The molecule has 0 saturated carbocycles. The summed E-state index contributed by atoms with van der Waals surface area (Å²) in [5.74, 6) is 2.09.